The van der Waals surface area contributed by atoms with Crippen molar-refractivity contribution in [1.29, 1.82) is 0 Å². The van der Waals surface area contributed by atoms with Crippen LogP contribution in [0.15, 0.2) is 382 Å². The summed E-state index contributed by atoms with van der Waals surface area (Å²) in [6, 6.07) is 142. The first-order valence-corrected chi connectivity index (χ1v) is 46.6. The fraction of sp³-hybridized carbons (Fsp3) is 0.177. The molecule has 1 saturated carbocycles. The zero-order valence-corrected chi connectivity index (χ0v) is 75.9. The minimum atomic E-state index is -1.20. The van der Waals surface area contributed by atoms with Crippen LogP contribution in [0.3, 0.4) is 0 Å². The average Bonchev–Trinajstić information content (AvgIpc) is 0.842. The third-order valence-electron chi connectivity index (χ3n) is 28.1. The van der Waals surface area contributed by atoms with Gasteiger partial charge in [-0.25, -0.2) is 0 Å². The zero-order valence-electron chi connectivity index (χ0n) is 80.9. The van der Waals surface area contributed by atoms with Gasteiger partial charge in [-0.15, -0.1) is 0 Å². The molecular formula is C124H109BN6. The van der Waals surface area contributed by atoms with E-state index in [2.05, 4.69) is 473 Å². The van der Waals surface area contributed by atoms with Crippen LogP contribution in [0.1, 0.15) is 146 Å². The van der Waals surface area contributed by atoms with E-state index < -0.39 is 37.9 Å². The molecule has 5 heterocycles. The number of nitrogens with zero attached hydrogens (tertiary/aromatic N) is 6. The Labute approximate surface area is 778 Å². The van der Waals surface area contributed by atoms with E-state index in [1.807, 2.05) is 0 Å². The highest BCUT2D eigenvalue weighted by atomic mass is 15.2. The number of hydrogen-bond acceptors (Lipinski definition) is 3. The van der Waals surface area contributed by atoms with Gasteiger partial charge in [-0.3, -0.25) is 0 Å². The summed E-state index contributed by atoms with van der Waals surface area (Å²) in [5.74, 6) is -0.836. The van der Waals surface area contributed by atoms with E-state index in [0.29, 0.717) is 26.1 Å². The summed E-state index contributed by atoms with van der Waals surface area (Å²) >= 11 is 0. The molecule has 0 spiro atoms. The Morgan fingerprint density at radius 2 is 0.786 bits per heavy atom. The van der Waals surface area contributed by atoms with Crippen molar-refractivity contribution in [2.45, 2.75) is 143 Å². The first kappa shape index (κ1) is 75.6. The molecule has 0 bridgehead atoms. The maximum absolute atomic E-state index is 9.99. The zero-order chi connectivity index (χ0) is 92.9. The van der Waals surface area contributed by atoms with Gasteiger partial charge in [0, 0.05) is 132 Å². The Bertz CT molecular complexity index is 7750. The predicted molar refractivity (Wildman–Crippen MR) is 559 cm³/mol. The number of hydrogen-bond donors (Lipinski definition) is 0. The molecule has 3 aromatic heterocycles. The fourth-order valence-corrected chi connectivity index (χ4v) is 21.4. The number of benzene rings is 17. The van der Waals surface area contributed by atoms with Crippen molar-refractivity contribution in [2.24, 2.45) is 0 Å². The van der Waals surface area contributed by atoms with Gasteiger partial charge < -0.3 is 28.4 Å². The number of anilines is 8. The van der Waals surface area contributed by atoms with Gasteiger partial charge in [0.2, 0.25) is 0 Å². The Balaban J connectivity index is 0.805. The van der Waals surface area contributed by atoms with E-state index in [0.717, 1.165) is 150 Å². The highest BCUT2D eigenvalue weighted by Gasteiger charge is 2.45. The van der Waals surface area contributed by atoms with Gasteiger partial charge in [0.15, 0.2) is 0 Å². The molecule has 7 heteroatoms. The van der Waals surface area contributed by atoms with Crippen molar-refractivity contribution in [3.05, 3.63) is 421 Å². The van der Waals surface area contributed by atoms with Crippen molar-refractivity contribution in [1.82, 2.24) is 13.7 Å². The number of aromatic nitrogens is 3. The van der Waals surface area contributed by atoms with Gasteiger partial charge in [-0.05, 0) is 281 Å². The van der Waals surface area contributed by atoms with Crippen LogP contribution in [0.4, 0.5) is 45.5 Å². The van der Waals surface area contributed by atoms with Crippen molar-refractivity contribution in [3.8, 4) is 50.2 Å². The SMILES string of the molecule is [2H]C1C([2H])C([2H])C(c2ccc3c(c2)N(c2cc(-c4ccccc4)cc(-c4ccccc4)c2)c2cc(CCn4c5ccc(N(c6ccccc6)c6ccccc6)cc5c5cc(-n6c7ccccc7c7ccccc76)ccc54)cc4c2B3c2ccc(Cn3c5ccc(C(C)(C)C)cc5c5cc(C(C)(C)C)ccc53)cc2N4Cc2c(-c3ccccc3)cc(C(C)(C)C)cc2-c2ccccc2)C([2H])C1[2H]. The van der Waals surface area contributed by atoms with Crippen LogP contribution in [0, 0.1) is 0 Å². The molecule has 20 aromatic rings. The Kier molecular flexibility index (Phi) is 18.7. The first-order valence-electron chi connectivity index (χ1n) is 49.5. The van der Waals surface area contributed by atoms with Crippen LogP contribution in [0.2, 0.25) is 0 Å². The van der Waals surface area contributed by atoms with Crippen LogP contribution >= 0.6 is 0 Å². The molecule has 0 saturated heterocycles. The lowest BCUT2D eigenvalue weighted by molar-refractivity contribution is 0.444. The van der Waals surface area contributed by atoms with Crippen molar-refractivity contribution in [2.75, 3.05) is 14.7 Å². The highest BCUT2D eigenvalue weighted by Crippen LogP contribution is 2.51. The normalized spacial score (nSPS) is 17.4. The van der Waals surface area contributed by atoms with E-state index in [1.54, 1.807) is 0 Å². The largest absolute Gasteiger partial charge is 0.340 e. The molecule has 6 nitrogen and oxygen atoms in total. The van der Waals surface area contributed by atoms with Crippen molar-refractivity contribution >= 4 is 134 Å². The van der Waals surface area contributed by atoms with E-state index >= 15 is 0 Å². The standard InChI is InChI=1S/C124H109BN6/c1-122(2,3)92-55-61-113-104(74-92)105-75-93(123(4,5)6)56-62-114(105)127(113)80-83-53-59-109-117(69-83)128(81-108-102(87-41-23-13-24-42-87)76-94(124(7,8)9)77-103(108)88-43-25-14-26-44-88)119-67-82(68-120-121(119)125(109)110-60-54-89(84-35-17-10-18-36-84)73-118(110)131(120)99-71-90(85-37-19-11-20-38-85)70-91(72-99)86-39-21-12-22-40-86)65-66-126-111-63-57-97(129(95-45-27-15-28-46-95)96-47-29-16-30-48-96)78-106(111)107-79-98(58-64-112(107)126)130-115-51-33-31-49-100(115)101-50-32-34-52-116(101)130/h11-16,19-34,37-64,67-79,84H,10,17-18,35-36,65-66,80-81H2,1-9H3/i10D,17D,18D,35D,36D. The topological polar surface area (TPSA) is 24.5 Å². The highest BCUT2D eigenvalue weighted by molar-refractivity contribution is 7.00. The smallest absolute Gasteiger partial charge is 0.252 e. The van der Waals surface area contributed by atoms with Crippen LogP contribution in [-0.4, -0.2) is 20.4 Å². The molecule has 23 rings (SSSR count). The Morgan fingerprint density at radius 1 is 0.321 bits per heavy atom. The number of para-hydroxylation sites is 4. The minimum Gasteiger partial charge on any atom is -0.340 e. The number of rotatable bonds is 17. The molecule has 1 aliphatic carbocycles. The summed E-state index contributed by atoms with van der Waals surface area (Å²) < 4.78 is 55.7. The number of aryl methyl sites for hydroxylation is 2. The third kappa shape index (κ3) is 14.5. The van der Waals surface area contributed by atoms with Crippen molar-refractivity contribution in [3.63, 3.8) is 0 Å². The van der Waals surface area contributed by atoms with Crippen LogP contribution in [0.25, 0.3) is 116 Å². The second-order valence-corrected chi connectivity index (χ2v) is 39.4. The molecule has 0 N–H and O–H groups in total. The van der Waals surface area contributed by atoms with Gasteiger partial charge in [0.1, 0.15) is 0 Å². The van der Waals surface area contributed by atoms with Gasteiger partial charge in [-0.2, -0.15) is 0 Å². The quantitative estimate of drug-likeness (QED) is 0.0850. The molecular weight excluding hydrogens is 1580 g/mol. The fourth-order valence-electron chi connectivity index (χ4n) is 21.4. The molecule has 17 aromatic carbocycles. The Morgan fingerprint density at radius 3 is 1.34 bits per heavy atom. The van der Waals surface area contributed by atoms with Gasteiger partial charge in [0.25, 0.3) is 6.71 Å². The lowest BCUT2D eigenvalue weighted by Crippen LogP contribution is -2.62. The molecule has 0 radical (unpaired) electrons. The van der Waals surface area contributed by atoms with Gasteiger partial charge >= 0.3 is 0 Å². The van der Waals surface area contributed by atoms with E-state index in [9.17, 15) is 5.48 Å². The summed E-state index contributed by atoms with van der Waals surface area (Å²) in [6.07, 6.45) is -5.24. The lowest BCUT2D eigenvalue weighted by Gasteiger charge is -2.45. The second kappa shape index (κ2) is 32.4. The summed E-state index contributed by atoms with van der Waals surface area (Å²) in [5, 5.41) is 7.20. The second-order valence-electron chi connectivity index (χ2n) is 39.4. The molecule has 4 unspecified atom stereocenters. The van der Waals surface area contributed by atoms with E-state index in [1.165, 1.54) is 66.0 Å². The lowest BCUT2D eigenvalue weighted by atomic mass is 9.33. The maximum atomic E-state index is 9.99. The number of fused-ring (bicyclic) bond motifs is 13. The monoisotopic (exact) mass is 1700 g/mol. The van der Waals surface area contributed by atoms with Crippen LogP contribution < -0.4 is 31.1 Å². The average molecular weight is 1700 g/mol. The summed E-state index contributed by atoms with van der Waals surface area (Å²) in [6.45, 7) is 22.2. The molecule has 3 aliphatic rings. The van der Waals surface area contributed by atoms with Gasteiger partial charge in [0.05, 0.1) is 11.0 Å². The van der Waals surface area contributed by atoms with Crippen molar-refractivity contribution < 1.29 is 6.85 Å². The third-order valence-corrected chi connectivity index (χ3v) is 28.1. The molecule has 638 valence electrons. The summed E-state index contributed by atoms with van der Waals surface area (Å²) in [7, 11) is 0. The van der Waals surface area contributed by atoms with E-state index in [4.69, 9.17) is 1.37 Å². The van der Waals surface area contributed by atoms with E-state index in [-0.39, 0.29) is 23.0 Å². The first-order chi connectivity index (χ1) is 65.9. The predicted octanol–water partition coefficient (Wildman–Crippen LogP) is 31.3. The van der Waals surface area contributed by atoms with Crippen LogP contribution in [0.5, 0.6) is 0 Å². The molecule has 2 aliphatic heterocycles. The summed E-state index contributed by atoms with van der Waals surface area (Å²) in [5.41, 5.74) is 36.1. The molecule has 4 atom stereocenters. The van der Waals surface area contributed by atoms with Gasteiger partial charge in [-0.1, -0.05) is 324 Å². The summed E-state index contributed by atoms with van der Waals surface area (Å²) in [4.78, 5) is 7.61. The molecule has 131 heavy (non-hydrogen) atoms. The van der Waals surface area contributed by atoms with Crippen LogP contribution in [-0.2, 0) is 42.3 Å². The minimum absolute atomic E-state index is 0.0830. The molecule has 0 amide bonds. The maximum Gasteiger partial charge on any atom is 0.252 e. The Hall–Kier alpha value is -14.4. The molecule has 1 fully saturated rings.